The molecule has 7 heteroatoms. The van der Waals surface area contributed by atoms with Gasteiger partial charge in [0.05, 0.1) is 10.9 Å². The highest BCUT2D eigenvalue weighted by Crippen LogP contribution is 2.36. The molecule has 25 heavy (non-hydrogen) atoms. The number of anilines is 1. The summed E-state index contributed by atoms with van der Waals surface area (Å²) < 4.78 is 10.6. The zero-order valence-corrected chi connectivity index (χ0v) is 14.1. The molecule has 0 bridgehead atoms. The SMILES string of the molecule is O=C(C[C@@H]1Sc2ccccc2NC1=O)NCc1ccc2c(c1)OCO2. The number of hydrogen-bond acceptors (Lipinski definition) is 5. The Bertz CT molecular complexity index is 840. The van der Waals surface area contributed by atoms with Crippen LogP contribution in [0.1, 0.15) is 12.0 Å². The van der Waals surface area contributed by atoms with E-state index in [4.69, 9.17) is 9.47 Å². The van der Waals surface area contributed by atoms with Gasteiger partial charge in [0.15, 0.2) is 11.5 Å². The fourth-order valence-corrected chi connectivity index (χ4v) is 3.83. The zero-order chi connectivity index (χ0) is 17.2. The van der Waals surface area contributed by atoms with Crippen LogP contribution in [0.2, 0.25) is 0 Å². The number of benzene rings is 2. The van der Waals surface area contributed by atoms with Gasteiger partial charge in [0.1, 0.15) is 0 Å². The van der Waals surface area contributed by atoms with Gasteiger partial charge in [0.2, 0.25) is 18.6 Å². The third-order valence-corrected chi connectivity index (χ3v) is 5.28. The normalized spacial score (nSPS) is 17.6. The molecule has 2 amide bonds. The predicted octanol–water partition coefficient (Wildman–Crippen LogP) is 2.53. The first kappa shape index (κ1) is 15.8. The maximum absolute atomic E-state index is 12.2. The molecular formula is C18H16N2O4S. The summed E-state index contributed by atoms with van der Waals surface area (Å²) in [6.45, 7) is 0.603. The van der Waals surface area contributed by atoms with E-state index < -0.39 is 5.25 Å². The van der Waals surface area contributed by atoms with E-state index in [1.807, 2.05) is 42.5 Å². The Morgan fingerprint density at radius 2 is 2.04 bits per heavy atom. The van der Waals surface area contributed by atoms with Crippen molar-refractivity contribution < 1.29 is 19.1 Å². The molecule has 0 radical (unpaired) electrons. The van der Waals surface area contributed by atoms with Gasteiger partial charge >= 0.3 is 0 Å². The van der Waals surface area contributed by atoms with E-state index >= 15 is 0 Å². The molecule has 0 spiro atoms. The first-order chi connectivity index (χ1) is 12.2. The van der Waals surface area contributed by atoms with Crippen molar-refractivity contribution in [2.45, 2.75) is 23.1 Å². The second kappa shape index (κ2) is 6.68. The number of carbonyl (C=O) groups is 2. The van der Waals surface area contributed by atoms with Crippen molar-refractivity contribution in [2.24, 2.45) is 0 Å². The summed E-state index contributed by atoms with van der Waals surface area (Å²) in [4.78, 5) is 25.3. The van der Waals surface area contributed by atoms with Crippen LogP contribution < -0.4 is 20.1 Å². The van der Waals surface area contributed by atoms with Gasteiger partial charge in [-0.15, -0.1) is 11.8 Å². The highest BCUT2D eigenvalue weighted by atomic mass is 32.2. The summed E-state index contributed by atoms with van der Waals surface area (Å²) in [5.41, 5.74) is 1.72. The van der Waals surface area contributed by atoms with Crippen LogP contribution in [-0.2, 0) is 16.1 Å². The molecule has 0 aliphatic carbocycles. The first-order valence-corrected chi connectivity index (χ1v) is 8.79. The topological polar surface area (TPSA) is 76.7 Å². The lowest BCUT2D eigenvalue weighted by molar-refractivity contribution is -0.124. The van der Waals surface area contributed by atoms with Crippen molar-refractivity contribution in [1.29, 1.82) is 0 Å². The van der Waals surface area contributed by atoms with Crippen LogP contribution in [0.5, 0.6) is 11.5 Å². The Labute approximate surface area is 148 Å². The van der Waals surface area contributed by atoms with E-state index in [9.17, 15) is 9.59 Å². The van der Waals surface area contributed by atoms with Crippen molar-refractivity contribution in [3.05, 3.63) is 48.0 Å². The van der Waals surface area contributed by atoms with Gasteiger partial charge in [-0.1, -0.05) is 18.2 Å². The van der Waals surface area contributed by atoms with Gasteiger partial charge in [0, 0.05) is 17.9 Å². The van der Waals surface area contributed by atoms with Crippen LogP contribution in [0.3, 0.4) is 0 Å². The lowest BCUT2D eigenvalue weighted by atomic mass is 10.2. The number of ether oxygens (including phenoxy) is 2. The maximum Gasteiger partial charge on any atom is 0.238 e. The predicted molar refractivity (Wildman–Crippen MR) is 93.7 cm³/mol. The Kier molecular flexibility index (Phi) is 4.23. The molecule has 2 aromatic rings. The minimum Gasteiger partial charge on any atom is -0.454 e. The van der Waals surface area contributed by atoms with Crippen LogP contribution in [0.25, 0.3) is 0 Å². The Morgan fingerprint density at radius 3 is 2.96 bits per heavy atom. The molecule has 0 fully saturated rings. The molecule has 6 nitrogen and oxygen atoms in total. The fraction of sp³-hybridized carbons (Fsp3) is 0.222. The summed E-state index contributed by atoms with van der Waals surface area (Å²) in [5.74, 6) is 1.10. The highest BCUT2D eigenvalue weighted by Gasteiger charge is 2.28. The van der Waals surface area contributed by atoms with Crippen LogP contribution in [0.15, 0.2) is 47.4 Å². The van der Waals surface area contributed by atoms with E-state index in [1.54, 1.807) is 0 Å². The Balaban J connectivity index is 1.34. The molecule has 2 N–H and O–H groups in total. The number of thioether (sulfide) groups is 1. The summed E-state index contributed by atoms with van der Waals surface area (Å²) in [5, 5.41) is 5.28. The van der Waals surface area contributed by atoms with Crippen molar-refractivity contribution in [2.75, 3.05) is 12.1 Å². The molecule has 0 unspecified atom stereocenters. The number of carbonyl (C=O) groups excluding carboxylic acids is 2. The second-order valence-corrected chi connectivity index (χ2v) is 7.00. The van der Waals surface area contributed by atoms with Crippen molar-refractivity contribution in [3.8, 4) is 11.5 Å². The van der Waals surface area contributed by atoms with Gasteiger partial charge in [-0.05, 0) is 29.8 Å². The van der Waals surface area contributed by atoms with E-state index in [0.29, 0.717) is 18.0 Å². The number of nitrogens with one attached hydrogen (secondary N) is 2. The van der Waals surface area contributed by atoms with Crippen molar-refractivity contribution >= 4 is 29.3 Å². The molecule has 4 rings (SSSR count). The number of rotatable bonds is 4. The number of amides is 2. The lowest BCUT2D eigenvalue weighted by Crippen LogP contribution is -2.34. The quantitative estimate of drug-likeness (QED) is 0.880. The van der Waals surface area contributed by atoms with E-state index in [-0.39, 0.29) is 25.0 Å². The van der Waals surface area contributed by atoms with E-state index in [1.165, 1.54) is 11.8 Å². The monoisotopic (exact) mass is 356 g/mol. The molecule has 2 aliphatic rings. The van der Waals surface area contributed by atoms with Crippen LogP contribution in [0.4, 0.5) is 5.69 Å². The summed E-state index contributed by atoms with van der Waals surface area (Å²) in [6, 6.07) is 13.1. The average molecular weight is 356 g/mol. The van der Waals surface area contributed by atoms with Crippen molar-refractivity contribution in [3.63, 3.8) is 0 Å². The molecule has 0 aromatic heterocycles. The minimum atomic E-state index is -0.424. The highest BCUT2D eigenvalue weighted by molar-refractivity contribution is 8.01. The van der Waals surface area contributed by atoms with Gasteiger partial charge in [-0.3, -0.25) is 9.59 Å². The lowest BCUT2D eigenvalue weighted by Gasteiger charge is -2.23. The average Bonchev–Trinajstić information content (AvgIpc) is 3.08. The van der Waals surface area contributed by atoms with Crippen LogP contribution >= 0.6 is 11.8 Å². The number of hydrogen-bond donors (Lipinski definition) is 2. The zero-order valence-electron chi connectivity index (χ0n) is 13.3. The standard InChI is InChI=1S/C18H16N2O4S/c21-17(19-9-11-5-6-13-14(7-11)24-10-23-13)8-16-18(22)20-12-3-1-2-4-15(12)25-16/h1-7,16H,8-10H2,(H,19,21)(H,20,22)/t16-/m0/s1. The van der Waals surface area contributed by atoms with E-state index in [0.717, 1.165) is 16.1 Å². The van der Waals surface area contributed by atoms with Gasteiger partial charge in [-0.25, -0.2) is 0 Å². The number of para-hydroxylation sites is 1. The smallest absolute Gasteiger partial charge is 0.238 e. The second-order valence-electron chi connectivity index (χ2n) is 5.76. The summed E-state index contributed by atoms with van der Waals surface area (Å²) >= 11 is 1.42. The Hall–Kier alpha value is -2.67. The molecular weight excluding hydrogens is 340 g/mol. The van der Waals surface area contributed by atoms with Gasteiger partial charge in [-0.2, -0.15) is 0 Å². The molecule has 2 heterocycles. The van der Waals surface area contributed by atoms with Gasteiger partial charge in [0.25, 0.3) is 0 Å². The molecule has 128 valence electrons. The Morgan fingerprint density at radius 1 is 1.20 bits per heavy atom. The number of fused-ring (bicyclic) bond motifs is 2. The fourth-order valence-electron chi connectivity index (χ4n) is 2.72. The van der Waals surface area contributed by atoms with Crippen molar-refractivity contribution in [1.82, 2.24) is 5.32 Å². The largest absolute Gasteiger partial charge is 0.454 e. The van der Waals surface area contributed by atoms with Gasteiger partial charge < -0.3 is 20.1 Å². The molecule has 0 saturated carbocycles. The molecule has 0 saturated heterocycles. The third-order valence-electron chi connectivity index (χ3n) is 4.00. The van der Waals surface area contributed by atoms with Crippen LogP contribution in [0, 0.1) is 0 Å². The molecule has 2 aliphatic heterocycles. The summed E-state index contributed by atoms with van der Waals surface area (Å²) in [7, 11) is 0. The maximum atomic E-state index is 12.2. The molecule has 1 atom stereocenters. The van der Waals surface area contributed by atoms with Crippen LogP contribution in [-0.4, -0.2) is 23.9 Å². The summed E-state index contributed by atoms with van der Waals surface area (Å²) in [6.07, 6.45) is 0.134. The first-order valence-electron chi connectivity index (χ1n) is 7.91. The third kappa shape index (κ3) is 3.41. The minimum absolute atomic E-state index is 0.134. The van der Waals surface area contributed by atoms with E-state index in [2.05, 4.69) is 10.6 Å². The molecule has 2 aromatic carbocycles.